The minimum atomic E-state index is -0.890. The van der Waals surface area contributed by atoms with Crippen molar-refractivity contribution in [2.75, 3.05) is 9.80 Å². The van der Waals surface area contributed by atoms with E-state index in [1.165, 1.54) is 82.3 Å². The smallest absolute Gasteiger partial charge is 0.122 e. The van der Waals surface area contributed by atoms with E-state index in [0.29, 0.717) is 0 Å². The zero-order valence-corrected chi connectivity index (χ0v) is 35.5. The molecule has 0 amide bonds. The predicted octanol–water partition coefficient (Wildman–Crippen LogP) is 13.6. The Balaban J connectivity index is 1.04. The van der Waals surface area contributed by atoms with Crippen LogP contribution in [0.1, 0.15) is 0 Å². The van der Waals surface area contributed by atoms with Crippen LogP contribution in [0.4, 0.5) is 34.3 Å². The van der Waals surface area contributed by atoms with Gasteiger partial charge in [-0.2, -0.15) is 0 Å². The first-order chi connectivity index (χ1) is 30.8. The second kappa shape index (κ2) is 15.0. The number of nitrogens with zero attached hydrogens (tertiary/aromatic N) is 3. The highest BCUT2D eigenvalue weighted by molar-refractivity contribution is 6.74. The Morgan fingerprint density at radius 1 is 0.371 bits per heavy atom. The molecule has 1 aliphatic rings. The molecule has 0 fully saturated rings. The Labute approximate surface area is 363 Å². The van der Waals surface area contributed by atoms with Crippen molar-refractivity contribution in [1.29, 1.82) is 0 Å². The molecule has 12 rings (SSSR count). The summed E-state index contributed by atoms with van der Waals surface area (Å²) in [4.78, 5) is 4.94. The van der Waals surface area contributed by atoms with Gasteiger partial charge >= 0.3 is 0 Å². The van der Waals surface area contributed by atoms with Gasteiger partial charge in [0, 0.05) is 39.5 Å². The molecule has 0 N–H and O–H groups in total. The van der Waals surface area contributed by atoms with Gasteiger partial charge in [0.25, 0.3) is 0 Å². The van der Waals surface area contributed by atoms with Crippen LogP contribution in [0.2, 0.25) is 0 Å². The molecule has 62 heavy (non-hydrogen) atoms. The Hall–Kier alpha value is -7.92. The lowest BCUT2D eigenvalue weighted by molar-refractivity contribution is 1.08. The van der Waals surface area contributed by atoms with Gasteiger partial charge < -0.3 is 4.90 Å². The van der Waals surface area contributed by atoms with Crippen molar-refractivity contribution in [3.05, 3.63) is 237 Å². The standard InChI is InChI=1S/C58H41N3Si/c1-3-19-44(20-4-1)60-54-28-12-11-25-53(54)57-58(60)61(45-21-5-2-6-22-45)55-39-48(37-38-56(55)62-57)59(46-33-29-42(30-34-46)51-26-13-17-40-15-7-9-23-49(40)51)47-35-31-43(32-36-47)52-27-14-18-41-16-8-10-24-50(41)52/h1-39H,62H2. The molecule has 0 saturated carbocycles. The summed E-state index contributed by atoms with van der Waals surface area (Å²) in [5.41, 5.74) is 13.0. The van der Waals surface area contributed by atoms with E-state index in [1.54, 1.807) is 0 Å². The van der Waals surface area contributed by atoms with Crippen molar-refractivity contribution in [3.63, 3.8) is 0 Å². The molecule has 11 aromatic rings. The molecule has 0 radical (unpaired) electrons. The monoisotopic (exact) mass is 807 g/mol. The molecule has 0 bridgehead atoms. The third-order valence-electron chi connectivity index (χ3n) is 12.6. The number of rotatable bonds is 7. The Morgan fingerprint density at radius 2 is 0.855 bits per heavy atom. The molecule has 1 aromatic heterocycles. The molecule has 3 nitrogen and oxygen atoms in total. The fourth-order valence-electron chi connectivity index (χ4n) is 9.71. The van der Waals surface area contributed by atoms with Crippen LogP contribution in [0.25, 0.3) is 60.4 Å². The minimum Gasteiger partial charge on any atom is -0.310 e. The molecular formula is C58H41N3Si. The van der Waals surface area contributed by atoms with Crippen molar-refractivity contribution in [1.82, 2.24) is 4.57 Å². The number of benzene rings is 10. The average Bonchev–Trinajstić information content (AvgIpc) is 3.67. The molecule has 4 heteroatoms. The van der Waals surface area contributed by atoms with Crippen LogP contribution in [-0.4, -0.2) is 14.1 Å². The first kappa shape index (κ1) is 36.0. The predicted molar refractivity (Wildman–Crippen MR) is 266 cm³/mol. The Morgan fingerprint density at radius 3 is 1.45 bits per heavy atom. The summed E-state index contributed by atoms with van der Waals surface area (Å²) in [6.07, 6.45) is 0. The maximum atomic E-state index is 2.52. The van der Waals surface area contributed by atoms with E-state index in [0.717, 1.165) is 22.7 Å². The maximum Gasteiger partial charge on any atom is 0.122 e. The topological polar surface area (TPSA) is 11.4 Å². The van der Waals surface area contributed by atoms with E-state index in [-0.39, 0.29) is 0 Å². The van der Waals surface area contributed by atoms with Crippen LogP contribution in [0.3, 0.4) is 0 Å². The van der Waals surface area contributed by atoms with E-state index >= 15 is 0 Å². The van der Waals surface area contributed by atoms with E-state index < -0.39 is 9.52 Å². The van der Waals surface area contributed by atoms with Gasteiger partial charge in [0.1, 0.15) is 5.82 Å². The van der Waals surface area contributed by atoms with Gasteiger partial charge in [0.2, 0.25) is 0 Å². The largest absolute Gasteiger partial charge is 0.310 e. The van der Waals surface area contributed by atoms with Crippen LogP contribution in [0.5, 0.6) is 0 Å². The van der Waals surface area contributed by atoms with Gasteiger partial charge in [-0.3, -0.25) is 9.47 Å². The average molecular weight is 808 g/mol. The Kier molecular flexibility index (Phi) is 8.68. The quantitative estimate of drug-likeness (QED) is 0.149. The molecule has 2 heterocycles. The third kappa shape index (κ3) is 6.03. The molecule has 0 atom stereocenters. The van der Waals surface area contributed by atoms with Crippen molar-refractivity contribution < 1.29 is 0 Å². The molecule has 0 saturated heterocycles. The van der Waals surface area contributed by atoms with Gasteiger partial charge in [-0.25, -0.2) is 0 Å². The lowest BCUT2D eigenvalue weighted by Gasteiger charge is -2.35. The molecule has 0 aliphatic carbocycles. The van der Waals surface area contributed by atoms with Crippen LogP contribution >= 0.6 is 0 Å². The highest BCUT2D eigenvalue weighted by atomic mass is 28.2. The maximum absolute atomic E-state index is 2.52. The highest BCUT2D eigenvalue weighted by Gasteiger charge is 2.32. The molecule has 0 unspecified atom stereocenters. The second-order valence-corrected chi connectivity index (χ2v) is 18.0. The van der Waals surface area contributed by atoms with Crippen LogP contribution in [-0.2, 0) is 0 Å². The second-order valence-electron chi connectivity index (χ2n) is 16.1. The van der Waals surface area contributed by atoms with Crippen molar-refractivity contribution in [2.45, 2.75) is 0 Å². The summed E-state index contributed by atoms with van der Waals surface area (Å²) in [5, 5.41) is 9.26. The van der Waals surface area contributed by atoms with Crippen molar-refractivity contribution in [2.24, 2.45) is 0 Å². The molecule has 1 aliphatic heterocycles. The normalized spacial score (nSPS) is 12.5. The van der Waals surface area contributed by atoms with Gasteiger partial charge in [-0.1, -0.05) is 170 Å². The lowest BCUT2D eigenvalue weighted by Crippen LogP contribution is -2.40. The Bertz CT molecular complexity index is 3300. The van der Waals surface area contributed by atoms with E-state index in [4.69, 9.17) is 0 Å². The summed E-state index contributed by atoms with van der Waals surface area (Å²) in [6, 6.07) is 86.6. The zero-order valence-electron chi connectivity index (χ0n) is 34.1. The molecule has 0 spiro atoms. The molecule has 10 aromatic carbocycles. The van der Waals surface area contributed by atoms with Crippen LogP contribution in [0.15, 0.2) is 237 Å². The van der Waals surface area contributed by atoms with Gasteiger partial charge in [-0.05, 0) is 121 Å². The van der Waals surface area contributed by atoms with Gasteiger partial charge in [0.15, 0.2) is 0 Å². The summed E-state index contributed by atoms with van der Waals surface area (Å²) in [6.45, 7) is 0. The fraction of sp³-hybridized carbons (Fsp3) is 0. The molecule has 292 valence electrons. The molecular weight excluding hydrogens is 767 g/mol. The van der Waals surface area contributed by atoms with Crippen LogP contribution < -0.4 is 20.2 Å². The number of hydrogen-bond donors (Lipinski definition) is 0. The van der Waals surface area contributed by atoms with Crippen LogP contribution in [0, 0.1) is 0 Å². The summed E-state index contributed by atoms with van der Waals surface area (Å²) in [5.74, 6) is 1.24. The van der Waals surface area contributed by atoms with E-state index in [1.807, 2.05) is 0 Å². The first-order valence-electron chi connectivity index (χ1n) is 21.4. The van der Waals surface area contributed by atoms with E-state index in [2.05, 4.69) is 251 Å². The SMILES string of the molecule is c1ccc(N2c3cc(N(c4ccc(-c5cccc6ccccc56)cc4)c4ccc(-c5cccc6ccccc56)cc4)ccc3[SiH2]c3c2n(-c2ccccc2)c2ccccc32)cc1. The zero-order chi connectivity index (χ0) is 41.0. The third-order valence-corrected chi connectivity index (χ3v) is 14.6. The lowest BCUT2D eigenvalue weighted by atomic mass is 9.97. The highest BCUT2D eigenvalue weighted by Crippen LogP contribution is 2.44. The van der Waals surface area contributed by atoms with Gasteiger partial charge in [0.05, 0.1) is 15.0 Å². The number of hydrogen-bond acceptors (Lipinski definition) is 2. The number of anilines is 6. The first-order valence-corrected chi connectivity index (χ1v) is 22.8. The summed E-state index contributed by atoms with van der Waals surface area (Å²) >= 11 is 0. The fourth-order valence-corrected chi connectivity index (χ4v) is 11.7. The van der Waals surface area contributed by atoms with Crippen molar-refractivity contribution >= 4 is 86.6 Å². The summed E-state index contributed by atoms with van der Waals surface area (Å²) < 4.78 is 2.48. The van der Waals surface area contributed by atoms with E-state index in [9.17, 15) is 0 Å². The summed E-state index contributed by atoms with van der Waals surface area (Å²) in [7, 11) is -0.890. The number of para-hydroxylation sites is 3. The van der Waals surface area contributed by atoms with Gasteiger partial charge in [-0.15, -0.1) is 0 Å². The van der Waals surface area contributed by atoms with Crippen molar-refractivity contribution in [3.8, 4) is 27.9 Å². The number of fused-ring (bicyclic) bond motifs is 6. The minimum absolute atomic E-state index is 0.890. The number of aromatic nitrogens is 1.